The second kappa shape index (κ2) is 6.16. The summed E-state index contributed by atoms with van der Waals surface area (Å²) in [7, 11) is 1.58. The molecule has 3 N–H and O–H groups in total. The number of anilines is 1. The number of nitrogen functional groups attached to an aromatic ring is 1. The molecule has 0 bridgehead atoms. The number of fused-ring (bicyclic) bond motifs is 1. The first-order valence-corrected chi connectivity index (χ1v) is 8.59. The Morgan fingerprint density at radius 2 is 2.26 bits per heavy atom. The van der Waals surface area contributed by atoms with Crippen molar-refractivity contribution in [1.82, 2.24) is 15.2 Å². The maximum Gasteiger partial charge on any atom is 0.263 e. The number of carbonyl (C=O) groups is 2. The molecule has 2 aromatic heterocycles. The van der Waals surface area contributed by atoms with Gasteiger partial charge in [0, 0.05) is 25.4 Å². The van der Waals surface area contributed by atoms with Gasteiger partial charge in [-0.2, -0.15) is 0 Å². The summed E-state index contributed by atoms with van der Waals surface area (Å²) in [5.41, 5.74) is 7.41. The molecule has 0 spiro atoms. The summed E-state index contributed by atoms with van der Waals surface area (Å²) >= 11 is 1.29. The van der Waals surface area contributed by atoms with Crippen molar-refractivity contribution in [2.45, 2.75) is 32.2 Å². The zero-order chi connectivity index (χ0) is 16.6. The molecule has 2 amide bonds. The summed E-state index contributed by atoms with van der Waals surface area (Å²) < 4.78 is 0. The van der Waals surface area contributed by atoms with Crippen LogP contribution in [0, 0.1) is 0 Å². The number of thiophene rings is 1. The lowest BCUT2D eigenvalue weighted by Gasteiger charge is -2.23. The van der Waals surface area contributed by atoms with Gasteiger partial charge < -0.3 is 16.0 Å². The standard InChI is InChI=1S/C16H20N4O2S/c1-3-12(21)20-8-4-5-11(20)10-7-6-9-13(17)14(15(22)18-2)23-16(9)19-10/h6-7,11H,3-5,8,17H2,1-2H3,(H,18,22). The number of nitrogens with two attached hydrogens (primary N) is 1. The molecule has 0 saturated carbocycles. The molecule has 122 valence electrons. The quantitative estimate of drug-likeness (QED) is 0.903. The summed E-state index contributed by atoms with van der Waals surface area (Å²) in [5, 5.41) is 3.39. The molecule has 1 unspecified atom stereocenters. The minimum Gasteiger partial charge on any atom is -0.397 e. The molecule has 1 saturated heterocycles. The highest BCUT2D eigenvalue weighted by atomic mass is 32.1. The molecule has 7 heteroatoms. The van der Waals surface area contributed by atoms with Gasteiger partial charge in [0.15, 0.2) is 0 Å². The zero-order valence-corrected chi connectivity index (χ0v) is 14.1. The van der Waals surface area contributed by atoms with Gasteiger partial charge in [0.05, 0.1) is 17.4 Å². The Labute approximate surface area is 138 Å². The van der Waals surface area contributed by atoms with Crippen LogP contribution < -0.4 is 11.1 Å². The number of hydrogen-bond acceptors (Lipinski definition) is 5. The predicted octanol–water partition coefficient (Wildman–Crippen LogP) is 2.31. The number of nitrogens with zero attached hydrogens (tertiary/aromatic N) is 2. The highest BCUT2D eigenvalue weighted by Crippen LogP contribution is 2.36. The largest absolute Gasteiger partial charge is 0.397 e. The molecule has 1 aliphatic heterocycles. The normalized spacial score (nSPS) is 17.7. The molecule has 1 fully saturated rings. The van der Waals surface area contributed by atoms with Crippen molar-refractivity contribution < 1.29 is 9.59 Å². The van der Waals surface area contributed by atoms with E-state index in [1.807, 2.05) is 24.0 Å². The fraction of sp³-hybridized carbons (Fsp3) is 0.438. The molecule has 2 aromatic rings. The van der Waals surface area contributed by atoms with E-state index in [1.54, 1.807) is 7.05 Å². The van der Waals surface area contributed by atoms with Gasteiger partial charge in [0.1, 0.15) is 9.71 Å². The maximum atomic E-state index is 12.1. The number of aromatic nitrogens is 1. The number of likely N-dealkylation sites (tertiary alicyclic amines) is 1. The fourth-order valence-corrected chi connectivity index (χ4v) is 4.10. The van der Waals surface area contributed by atoms with E-state index >= 15 is 0 Å². The van der Waals surface area contributed by atoms with E-state index in [-0.39, 0.29) is 17.9 Å². The third kappa shape index (κ3) is 2.65. The van der Waals surface area contributed by atoms with Crippen LogP contribution in [0.1, 0.15) is 47.6 Å². The Balaban J connectivity index is 2.00. The van der Waals surface area contributed by atoms with E-state index in [1.165, 1.54) is 11.3 Å². The van der Waals surface area contributed by atoms with Crippen LogP contribution in [0.15, 0.2) is 12.1 Å². The summed E-state index contributed by atoms with van der Waals surface area (Å²) in [5.74, 6) is -0.0400. The smallest absolute Gasteiger partial charge is 0.263 e. The monoisotopic (exact) mass is 332 g/mol. The van der Waals surface area contributed by atoms with E-state index in [4.69, 9.17) is 5.73 Å². The van der Waals surface area contributed by atoms with Gasteiger partial charge in [-0.15, -0.1) is 11.3 Å². The van der Waals surface area contributed by atoms with Crippen LogP contribution in [0.25, 0.3) is 10.2 Å². The summed E-state index contributed by atoms with van der Waals surface area (Å²) in [6.45, 7) is 2.66. The van der Waals surface area contributed by atoms with Gasteiger partial charge in [0.2, 0.25) is 5.91 Å². The highest BCUT2D eigenvalue weighted by Gasteiger charge is 2.30. The second-order valence-electron chi connectivity index (χ2n) is 5.61. The Hall–Kier alpha value is -2.15. The summed E-state index contributed by atoms with van der Waals surface area (Å²) in [4.78, 5) is 31.8. The van der Waals surface area contributed by atoms with Crippen molar-refractivity contribution in [3.63, 3.8) is 0 Å². The second-order valence-corrected chi connectivity index (χ2v) is 6.61. The van der Waals surface area contributed by atoms with E-state index in [9.17, 15) is 9.59 Å². The minimum atomic E-state index is -0.198. The number of amides is 2. The Morgan fingerprint density at radius 3 is 2.96 bits per heavy atom. The molecular weight excluding hydrogens is 312 g/mol. The Kier molecular flexibility index (Phi) is 4.21. The lowest BCUT2D eigenvalue weighted by atomic mass is 10.1. The average molecular weight is 332 g/mol. The fourth-order valence-electron chi connectivity index (χ4n) is 3.06. The molecule has 3 rings (SSSR count). The number of rotatable bonds is 3. The van der Waals surface area contributed by atoms with Crippen molar-refractivity contribution in [3.8, 4) is 0 Å². The third-order valence-corrected chi connectivity index (χ3v) is 5.38. The van der Waals surface area contributed by atoms with Crippen LogP contribution in [0.3, 0.4) is 0 Å². The Bertz CT molecular complexity index is 771. The molecule has 3 heterocycles. The van der Waals surface area contributed by atoms with Crippen molar-refractivity contribution in [2.75, 3.05) is 19.3 Å². The first kappa shape index (κ1) is 15.7. The number of nitrogens with one attached hydrogen (secondary N) is 1. The third-order valence-electron chi connectivity index (χ3n) is 4.27. The molecule has 1 aliphatic rings. The van der Waals surface area contributed by atoms with Crippen molar-refractivity contribution in [3.05, 3.63) is 22.7 Å². The zero-order valence-electron chi connectivity index (χ0n) is 13.3. The average Bonchev–Trinajstić information content (AvgIpc) is 3.18. The van der Waals surface area contributed by atoms with Crippen LogP contribution in [0.2, 0.25) is 0 Å². The number of carbonyl (C=O) groups excluding carboxylic acids is 2. The van der Waals surface area contributed by atoms with Crippen molar-refractivity contribution >= 4 is 39.1 Å². The van der Waals surface area contributed by atoms with Gasteiger partial charge in [-0.05, 0) is 25.0 Å². The van der Waals surface area contributed by atoms with Crippen LogP contribution in [0.4, 0.5) is 5.69 Å². The van der Waals surface area contributed by atoms with Crippen LogP contribution in [0.5, 0.6) is 0 Å². The summed E-state index contributed by atoms with van der Waals surface area (Å²) in [6, 6.07) is 3.85. The van der Waals surface area contributed by atoms with Gasteiger partial charge >= 0.3 is 0 Å². The molecule has 0 aliphatic carbocycles. The molecular formula is C16H20N4O2S. The summed E-state index contributed by atoms with van der Waals surface area (Å²) in [6.07, 6.45) is 2.42. The maximum absolute atomic E-state index is 12.1. The van der Waals surface area contributed by atoms with E-state index in [2.05, 4.69) is 10.3 Å². The topological polar surface area (TPSA) is 88.3 Å². The van der Waals surface area contributed by atoms with Crippen LogP contribution in [-0.2, 0) is 4.79 Å². The van der Waals surface area contributed by atoms with Gasteiger partial charge in [0.25, 0.3) is 5.91 Å². The SMILES string of the molecule is CCC(=O)N1CCCC1c1ccc2c(N)c(C(=O)NC)sc2n1. The van der Waals surface area contributed by atoms with Gasteiger partial charge in [-0.25, -0.2) is 4.98 Å². The van der Waals surface area contributed by atoms with Crippen molar-refractivity contribution in [2.24, 2.45) is 0 Å². The molecule has 6 nitrogen and oxygen atoms in total. The molecule has 0 radical (unpaired) electrons. The first-order valence-electron chi connectivity index (χ1n) is 7.77. The highest BCUT2D eigenvalue weighted by molar-refractivity contribution is 7.21. The Morgan fingerprint density at radius 1 is 1.48 bits per heavy atom. The van der Waals surface area contributed by atoms with Crippen LogP contribution >= 0.6 is 11.3 Å². The molecule has 0 aromatic carbocycles. The number of pyridine rings is 1. The van der Waals surface area contributed by atoms with E-state index in [0.717, 1.165) is 35.3 Å². The first-order chi connectivity index (χ1) is 11.1. The molecule has 23 heavy (non-hydrogen) atoms. The predicted molar refractivity (Wildman–Crippen MR) is 91.4 cm³/mol. The van der Waals surface area contributed by atoms with E-state index < -0.39 is 0 Å². The number of hydrogen-bond donors (Lipinski definition) is 2. The van der Waals surface area contributed by atoms with Crippen LogP contribution in [-0.4, -0.2) is 35.3 Å². The van der Waals surface area contributed by atoms with Crippen molar-refractivity contribution in [1.29, 1.82) is 0 Å². The van der Waals surface area contributed by atoms with Gasteiger partial charge in [-0.3, -0.25) is 9.59 Å². The van der Waals surface area contributed by atoms with Gasteiger partial charge in [-0.1, -0.05) is 6.92 Å². The molecule has 1 atom stereocenters. The minimum absolute atomic E-state index is 0.0265. The lowest BCUT2D eigenvalue weighted by Crippen LogP contribution is -2.30. The lowest BCUT2D eigenvalue weighted by molar-refractivity contribution is -0.131. The van der Waals surface area contributed by atoms with E-state index in [0.29, 0.717) is 17.0 Å².